The number of imidazole rings is 1. The number of aromatic nitrogens is 6. The molecule has 0 atom stereocenters. The smallest absolute Gasteiger partial charge is 0.157 e. The van der Waals surface area contributed by atoms with E-state index < -0.39 is 0 Å². The predicted octanol–water partition coefficient (Wildman–Crippen LogP) is 2.27. The van der Waals surface area contributed by atoms with Crippen molar-refractivity contribution in [3.05, 3.63) is 54.9 Å². The van der Waals surface area contributed by atoms with Gasteiger partial charge in [-0.05, 0) is 23.8 Å². The third kappa shape index (κ3) is 2.32. The van der Waals surface area contributed by atoms with Crippen LogP contribution in [-0.2, 0) is 6.42 Å². The lowest BCUT2D eigenvalue weighted by molar-refractivity contribution is 0.844. The Balaban J connectivity index is 1.76. The quantitative estimate of drug-likeness (QED) is 0.626. The molecule has 0 aromatic carbocycles. The van der Waals surface area contributed by atoms with Crippen LogP contribution in [0.1, 0.15) is 5.56 Å². The summed E-state index contributed by atoms with van der Waals surface area (Å²) in [6, 6.07) is 7.73. The number of hydrogen-bond donors (Lipinski definition) is 1. The largest absolute Gasteiger partial charge is 0.329 e. The second-order valence-electron chi connectivity index (χ2n) is 4.99. The number of H-pyrrole nitrogens is 1. The molecule has 0 saturated heterocycles. The molecule has 0 aliphatic heterocycles. The van der Waals surface area contributed by atoms with Crippen molar-refractivity contribution >= 4 is 11.2 Å². The van der Waals surface area contributed by atoms with Crippen molar-refractivity contribution in [1.82, 2.24) is 29.7 Å². The number of pyridine rings is 2. The first kappa shape index (κ1) is 13.2. The summed E-state index contributed by atoms with van der Waals surface area (Å²) in [5.41, 5.74) is 4.34. The summed E-state index contributed by atoms with van der Waals surface area (Å²) in [6.45, 7) is 0. The van der Waals surface area contributed by atoms with Crippen LogP contribution in [0, 0.1) is 11.3 Å². The highest BCUT2D eigenvalue weighted by atomic mass is 15.3. The van der Waals surface area contributed by atoms with Gasteiger partial charge >= 0.3 is 0 Å². The molecule has 4 aromatic rings. The highest BCUT2D eigenvalue weighted by molar-refractivity contribution is 5.88. The number of nitrogens with one attached hydrogen (secondary N) is 1. The molecule has 0 bridgehead atoms. The van der Waals surface area contributed by atoms with Crippen LogP contribution in [0.15, 0.2) is 49.3 Å². The van der Waals surface area contributed by atoms with Crippen molar-refractivity contribution in [2.24, 2.45) is 0 Å². The monoisotopic (exact) mass is 301 g/mol. The number of rotatable bonds is 3. The minimum absolute atomic E-state index is 0.349. The fourth-order valence-electron chi connectivity index (χ4n) is 2.46. The van der Waals surface area contributed by atoms with E-state index in [-0.39, 0.29) is 0 Å². The first-order chi connectivity index (χ1) is 11.3. The Morgan fingerprint density at radius 3 is 3.00 bits per heavy atom. The molecule has 110 valence electrons. The second-order valence-corrected chi connectivity index (χ2v) is 4.99. The van der Waals surface area contributed by atoms with E-state index >= 15 is 0 Å². The summed E-state index contributed by atoms with van der Waals surface area (Å²) in [4.78, 5) is 15.9. The van der Waals surface area contributed by atoms with Gasteiger partial charge in [-0.25, -0.2) is 19.6 Å². The van der Waals surface area contributed by atoms with Gasteiger partial charge in [0.2, 0.25) is 0 Å². The maximum atomic E-state index is 8.81. The molecule has 4 heterocycles. The lowest BCUT2D eigenvalue weighted by Crippen LogP contribution is -1.98. The molecule has 0 radical (unpaired) electrons. The third-order valence-corrected chi connectivity index (χ3v) is 3.54. The summed E-state index contributed by atoms with van der Waals surface area (Å²) in [6.07, 6.45) is 9.05. The SMILES string of the molecule is N#CCc1ccnc(-n2cc(-c3ccnc4[nH]cnc34)cn2)c1. The van der Waals surface area contributed by atoms with Crippen LogP contribution in [-0.4, -0.2) is 29.7 Å². The van der Waals surface area contributed by atoms with Gasteiger partial charge in [0, 0.05) is 29.7 Å². The summed E-state index contributed by atoms with van der Waals surface area (Å²) < 4.78 is 1.69. The van der Waals surface area contributed by atoms with Gasteiger partial charge in [0.15, 0.2) is 11.5 Å². The van der Waals surface area contributed by atoms with Gasteiger partial charge in [-0.1, -0.05) is 0 Å². The minimum Gasteiger partial charge on any atom is -0.329 e. The van der Waals surface area contributed by atoms with Crippen molar-refractivity contribution in [3.63, 3.8) is 0 Å². The summed E-state index contributed by atoms with van der Waals surface area (Å²) >= 11 is 0. The second kappa shape index (κ2) is 5.35. The Bertz CT molecular complexity index is 1020. The van der Waals surface area contributed by atoms with Crippen LogP contribution in [0.4, 0.5) is 0 Å². The van der Waals surface area contributed by atoms with Gasteiger partial charge in [-0.2, -0.15) is 10.4 Å². The fraction of sp³-hybridized carbons (Fsp3) is 0.0625. The topological polar surface area (TPSA) is 96.1 Å². The number of nitriles is 1. The molecule has 4 rings (SSSR count). The number of aromatic amines is 1. The van der Waals surface area contributed by atoms with Crippen LogP contribution >= 0.6 is 0 Å². The van der Waals surface area contributed by atoms with Crippen molar-refractivity contribution in [3.8, 4) is 23.0 Å². The Labute approximate surface area is 131 Å². The number of nitrogens with zero attached hydrogens (tertiary/aromatic N) is 6. The van der Waals surface area contributed by atoms with Gasteiger partial charge in [0.1, 0.15) is 5.52 Å². The lowest BCUT2D eigenvalue weighted by atomic mass is 10.1. The lowest BCUT2D eigenvalue weighted by Gasteiger charge is -2.01. The molecule has 0 aliphatic rings. The minimum atomic E-state index is 0.349. The molecule has 7 heteroatoms. The first-order valence-electron chi connectivity index (χ1n) is 7.00. The van der Waals surface area contributed by atoms with E-state index in [1.165, 1.54) is 0 Å². The molecular formula is C16H11N7. The molecule has 0 aliphatic carbocycles. The molecule has 0 spiro atoms. The van der Waals surface area contributed by atoms with Crippen LogP contribution in [0.2, 0.25) is 0 Å². The van der Waals surface area contributed by atoms with E-state index in [1.807, 2.05) is 24.4 Å². The molecular weight excluding hydrogens is 290 g/mol. The molecule has 7 nitrogen and oxygen atoms in total. The van der Waals surface area contributed by atoms with Crippen LogP contribution in [0.25, 0.3) is 28.1 Å². The highest BCUT2D eigenvalue weighted by Gasteiger charge is 2.10. The zero-order valence-corrected chi connectivity index (χ0v) is 12.0. The van der Waals surface area contributed by atoms with Crippen molar-refractivity contribution in [2.75, 3.05) is 0 Å². The maximum absolute atomic E-state index is 8.81. The zero-order chi connectivity index (χ0) is 15.6. The van der Waals surface area contributed by atoms with E-state index in [4.69, 9.17) is 5.26 Å². The van der Waals surface area contributed by atoms with Gasteiger partial charge in [-0.3, -0.25) is 0 Å². The third-order valence-electron chi connectivity index (χ3n) is 3.54. The Morgan fingerprint density at radius 1 is 1.17 bits per heavy atom. The van der Waals surface area contributed by atoms with Crippen LogP contribution in [0.3, 0.4) is 0 Å². The van der Waals surface area contributed by atoms with Crippen molar-refractivity contribution in [1.29, 1.82) is 5.26 Å². The predicted molar refractivity (Wildman–Crippen MR) is 83.6 cm³/mol. The van der Waals surface area contributed by atoms with E-state index in [2.05, 4.69) is 31.1 Å². The Hall–Kier alpha value is -3.53. The van der Waals surface area contributed by atoms with Gasteiger partial charge in [0.25, 0.3) is 0 Å². The Kier molecular flexibility index (Phi) is 3.06. The zero-order valence-electron chi connectivity index (χ0n) is 12.0. The average molecular weight is 301 g/mol. The van der Waals surface area contributed by atoms with Crippen LogP contribution < -0.4 is 0 Å². The normalized spacial score (nSPS) is 10.7. The van der Waals surface area contributed by atoms with Gasteiger partial charge in [0.05, 0.1) is 25.0 Å². The molecule has 4 aromatic heterocycles. The fourth-order valence-corrected chi connectivity index (χ4v) is 2.46. The number of hydrogen-bond acceptors (Lipinski definition) is 5. The van der Waals surface area contributed by atoms with Crippen LogP contribution in [0.5, 0.6) is 0 Å². The highest BCUT2D eigenvalue weighted by Crippen LogP contribution is 2.25. The molecule has 23 heavy (non-hydrogen) atoms. The van der Waals surface area contributed by atoms with E-state index in [0.29, 0.717) is 12.2 Å². The standard InChI is InChI=1S/C16H11N7/c17-4-1-11-2-5-18-14(7-11)23-9-12(8-22-23)13-3-6-19-16-15(13)20-10-21-16/h2-3,5-10H,1H2,(H,19,20,21). The first-order valence-corrected chi connectivity index (χ1v) is 7.00. The number of fused-ring (bicyclic) bond motifs is 1. The molecule has 0 amide bonds. The Morgan fingerprint density at radius 2 is 2.09 bits per heavy atom. The molecule has 1 N–H and O–H groups in total. The van der Waals surface area contributed by atoms with E-state index in [9.17, 15) is 0 Å². The molecule has 0 fully saturated rings. The summed E-state index contributed by atoms with van der Waals surface area (Å²) in [5, 5.41) is 13.2. The summed E-state index contributed by atoms with van der Waals surface area (Å²) in [7, 11) is 0. The molecule has 0 saturated carbocycles. The summed E-state index contributed by atoms with van der Waals surface area (Å²) in [5.74, 6) is 0.677. The van der Waals surface area contributed by atoms with E-state index in [1.54, 1.807) is 29.6 Å². The molecule has 0 unspecified atom stereocenters. The maximum Gasteiger partial charge on any atom is 0.157 e. The van der Waals surface area contributed by atoms with Gasteiger partial charge < -0.3 is 4.98 Å². The van der Waals surface area contributed by atoms with Gasteiger partial charge in [-0.15, -0.1) is 0 Å². The van der Waals surface area contributed by atoms with Crippen molar-refractivity contribution < 1.29 is 0 Å². The van der Waals surface area contributed by atoms with E-state index in [0.717, 1.165) is 27.9 Å². The van der Waals surface area contributed by atoms with Crippen molar-refractivity contribution in [2.45, 2.75) is 6.42 Å². The average Bonchev–Trinajstić information content (AvgIpc) is 3.24.